The lowest BCUT2D eigenvalue weighted by molar-refractivity contribution is -0.0887. The molecular weight excluding hydrogens is 256 g/mol. The van der Waals surface area contributed by atoms with Crippen molar-refractivity contribution < 1.29 is 9.90 Å². The number of hydrogen-bond acceptors (Lipinski definition) is 4. The van der Waals surface area contributed by atoms with Crippen molar-refractivity contribution in [2.24, 2.45) is 5.92 Å². The number of fused-ring (bicyclic) bond motifs is 1. The smallest absolute Gasteiger partial charge is 0.293 e. The van der Waals surface area contributed by atoms with Crippen molar-refractivity contribution in [1.82, 2.24) is 20.1 Å². The molecule has 0 radical (unpaired) electrons. The number of carbonyl (C=O) groups excluding carboxylic acids is 1. The SMILES string of the molecule is CCc1nc(C(=O)N2CCC3(O)CCCCC3C2)n[nH]1. The van der Waals surface area contributed by atoms with Crippen LogP contribution in [0.25, 0.3) is 0 Å². The number of rotatable bonds is 2. The number of likely N-dealkylation sites (tertiary alicyclic amines) is 1. The number of nitrogens with zero attached hydrogens (tertiary/aromatic N) is 3. The van der Waals surface area contributed by atoms with Gasteiger partial charge in [-0.05, 0) is 19.3 Å². The number of H-pyrrole nitrogens is 1. The van der Waals surface area contributed by atoms with E-state index in [2.05, 4.69) is 15.2 Å². The minimum absolute atomic E-state index is 0.117. The molecule has 3 rings (SSSR count). The molecule has 2 aliphatic rings. The highest BCUT2D eigenvalue weighted by Crippen LogP contribution is 2.39. The summed E-state index contributed by atoms with van der Waals surface area (Å²) in [7, 11) is 0. The topological polar surface area (TPSA) is 82.1 Å². The van der Waals surface area contributed by atoms with E-state index >= 15 is 0 Å². The van der Waals surface area contributed by atoms with Gasteiger partial charge in [0.25, 0.3) is 5.91 Å². The molecule has 1 saturated carbocycles. The Labute approximate surface area is 118 Å². The molecule has 1 amide bonds. The first kappa shape index (κ1) is 13.5. The Morgan fingerprint density at radius 3 is 3.10 bits per heavy atom. The largest absolute Gasteiger partial charge is 0.389 e. The zero-order chi connectivity index (χ0) is 14.2. The molecule has 110 valence electrons. The lowest BCUT2D eigenvalue weighted by Gasteiger charge is -2.47. The van der Waals surface area contributed by atoms with Crippen LogP contribution in [0.4, 0.5) is 0 Å². The van der Waals surface area contributed by atoms with Crippen molar-refractivity contribution in [3.8, 4) is 0 Å². The zero-order valence-electron chi connectivity index (χ0n) is 11.9. The zero-order valence-corrected chi connectivity index (χ0v) is 11.9. The van der Waals surface area contributed by atoms with Crippen molar-refractivity contribution in [3.05, 3.63) is 11.6 Å². The third-order valence-corrected chi connectivity index (χ3v) is 4.77. The van der Waals surface area contributed by atoms with Gasteiger partial charge in [-0.1, -0.05) is 19.8 Å². The van der Waals surface area contributed by atoms with Crippen LogP contribution in [0.1, 0.15) is 55.5 Å². The second-order valence-corrected chi connectivity index (χ2v) is 6.01. The molecule has 1 saturated heterocycles. The van der Waals surface area contributed by atoms with E-state index in [1.54, 1.807) is 4.90 Å². The summed E-state index contributed by atoms with van der Waals surface area (Å²) >= 11 is 0. The van der Waals surface area contributed by atoms with Gasteiger partial charge in [-0.15, -0.1) is 5.10 Å². The first-order valence-corrected chi connectivity index (χ1v) is 7.55. The van der Waals surface area contributed by atoms with Gasteiger partial charge in [-0.25, -0.2) is 4.98 Å². The molecule has 2 fully saturated rings. The predicted molar refractivity (Wildman–Crippen MR) is 73.2 cm³/mol. The molecule has 2 unspecified atom stereocenters. The van der Waals surface area contributed by atoms with Gasteiger partial charge in [-0.2, -0.15) is 0 Å². The molecule has 6 nitrogen and oxygen atoms in total. The third-order valence-electron chi connectivity index (χ3n) is 4.77. The van der Waals surface area contributed by atoms with E-state index in [4.69, 9.17) is 0 Å². The molecule has 1 aromatic rings. The molecule has 0 spiro atoms. The van der Waals surface area contributed by atoms with E-state index < -0.39 is 5.60 Å². The van der Waals surface area contributed by atoms with Crippen LogP contribution in [-0.4, -0.2) is 49.8 Å². The number of carbonyl (C=O) groups is 1. The number of aromatic nitrogens is 3. The molecule has 1 aliphatic heterocycles. The molecule has 2 N–H and O–H groups in total. The van der Waals surface area contributed by atoms with E-state index in [1.807, 2.05) is 6.92 Å². The minimum Gasteiger partial charge on any atom is -0.389 e. The summed E-state index contributed by atoms with van der Waals surface area (Å²) in [5, 5.41) is 17.4. The summed E-state index contributed by atoms with van der Waals surface area (Å²) in [4.78, 5) is 18.4. The average Bonchev–Trinajstić information content (AvgIpc) is 2.94. The number of aromatic amines is 1. The van der Waals surface area contributed by atoms with Gasteiger partial charge in [0.1, 0.15) is 5.82 Å². The summed E-state index contributed by atoms with van der Waals surface area (Å²) in [6.07, 6.45) is 5.54. The van der Waals surface area contributed by atoms with Crippen molar-refractivity contribution in [2.75, 3.05) is 13.1 Å². The highest BCUT2D eigenvalue weighted by Gasteiger charge is 2.44. The Morgan fingerprint density at radius 2 is 2.35 bits per heavy atom. The van der Waals surface area contributed by atoms with Gasteiger partial charge in [0, 0.05) is 25.4 Å². The number of hydrogen-bond donors (Lipinski definition) is 2. The van der Waals surface area contributed by atoms with E-state index in [0.29, 0.717) is 19.5 Å². The fourth-order valence-corrected chi connectivity index (χ4v) is 3.45. The van der Waals surface area contributed by atoms with Crippen molar-refractivity contribution in [1.29, 1.82) is 0 Å². The lowest BCUT2D eigenvalue weighted by atomic mass is 9.71. The number of nitrogens with one attached hydrogen (secondary N) is 1. The van der Waals surface area contributed by atoms with Crippen LogP contribution in [0.15, 0.2) is 0 Å². The lowest BCUT2D eigenvalue weighted by Crippen LogP contribution is -2.54. The maximum Gasteiger partial charge on any atom is 0.293 e. The molecule has 0 aromatic carbocycles. The first-order chi connectivity index (χ1) is 9.62. The van der Waals surface area contributed by atoms with Crippen LogP contribution in [-0.2, 0) is 6.42 Å². The maximum absolute atomic E-state index is 12.4. The molecule has 1 aromatic heterocycles. The number of aryl methyl sites for hydroxylation is 1. The molecule has 6 heteroatoms. The van der Waals surface area contributed by atoms with Crippen LogP contribution in [0.3, 0.4) is 0 Å². The third kappa shape index (κ3) is 2.32. The van der Waals surface area contributed by atoms with Gasteiger partial charge >= 0.3 is 0 Å². The van der Waals surface area contributed by atoms with Crippen LogP contribution in [0.5, 0.6) is 0 Å². The van der Waals surface area contributed by atoms with Gasteiger partial charge in [-0.3, -0.25) is 9.89 Å². The normalized spacial score (nSPS) is 30.1. The molecule has 0 bridgehead atoms. The quantitative estimate of drug-likeness (QED) is 0.849. The fraction of sp³-hybridized carbons (Fsp3) is 0.786. The van der Waals surface area contributed by atoms with Crippen LogP contribution in [0.2, 0.25) is 0 Å². The number of aliphatic hydroxyl groups is 1. The Morgan fingerprint density at radius 1 is 1.50 bits per heavy atom. The second kappa shape index (κ2) is 5.16. The van der Waals surface area contributed by atoms with Crippen LogP contribution >= 0.6 is 0 Å². The highest BCUT2D eigenvalue weighted by molar-refractivity contribution is 5.90. The Bertz CT molecular complexity index is 501. The molecule has 2 heterocycles. The minimum atomic E-state index is -0.553. The summed E-state index contributed by atoms with van der Waals surface area (Å²) < 4.78 is 0. The molecular formula is C14H22N4O2. The van der Waals surface area contributed by atoms with E-state index in [1.165, 1.54) is 0 Å². The highest BCUT2D eigenvalue weighted by atomic mass is 16.3. The van der Waals surface area contributed by atoms with Crippen molar-refractivity contribution >= 4 is 5.91 Å². The molecule has 2 atom stereocenters. The Balaban J connectivity index is 1.71. The van der Waals surface area contributed by atoms with Gasteiger partial charge in [0.15, 0.2) is 0 Å². The average molecular weight is 278 g/mol. The Hall–Kier alpha value is -1.43. The Kier molecular flexibility index (Phi) is 3.50. The monoisotopic (exact) mass is 278 g/mol. The number of amides is 1. The molecule has 1 aliphatic carbocycles. The number of piperidine rings is 1. The van der Waals surface area contributed by atoms with E-state index in [9.17, 15) is 9.90 Å². The van der Waals surface area contributed by atoms with Gasteiger partial charge in [0.05, 0.1) is 5.60 Å². The van der Waals surface area contributed by atoms with E-state index in [-0.39, 0.29) is 17.6 Å². The van der Waals surface area contributed by atoms with Gasteiger partial charge in [0.2, 0.25) is 5.82 Å². The summed E-state index contributed by atoms with van der Waals surface area (Å²) in [6.45, 7) is 3.20. The summed E-state index contributed by atoms with van der Waals surface area (Å²) in [5.74, 6) is 1.08. The van der Waals surface area contributed by atoms with Gasteiger partial charge < -0.3 is 10.0 Å². The van der Waals surface area contributed by atoms with Crippen LogP contribution < -0.4 is 0 Å². The summed E-state index contributed by atoms with van der Waals surface area (Å²) in [5.41, 5.74) is -0.553. The van der Waals surface area contributed by atoms with E-state index in [0.717, 1.165) is 37.9 Å². The molecule has 20 heavy (non-hydrogen) atoms. The first-order valence-electron chi connectivity index (χ1n) is 7.55. The fourth-order valence-electron chi connectivity index (χ4n) is 3.45. The van der Waals surface area contributed by atoms with Crippen molar-refractivity contribution in [2.45, 2.75) is 51.0 Å². The predicted octanol–water partition coefficient (Wildman–Crippen LogP) is 1.13. The van der Waals surface area contributed by atoms with Crippen LogP contribution in [0, 0.1) is 5.92 Å². The van der Waals surface area contributed by atoms with Crippen molar-refractivity contribution in [3.63, 3.8) is 0 Å². The standard InChI is InChI=1S/C14H22N4O2/c1-2-11-15-12(17-16-11)13(19)18-8-7-14(20)6-4-3-5-10(14)9-18/h10,20H,2-9H2,1H3,(H,15,16,17). The second-order valence-electron chi connectivity index (χ2n) is 6.01. The maximum atomic E-state index is 12.4. The summed E-state index contributed by atoms with van der Waals surface area (Å²) in [6, 6.07) is 0.